The summed E-state index contributed by atoms with van der Waals surface area (Å²) in [4.78, 5) is 19.9. The zero-order valence-corrected chi connectivity index (χ0v) is 9.05. The first-order chi connectivity index (χ1) is 6.97. The van der Waals surface area contributed by atoms with Crippen molar-refractivity contribution in [3.63, 3.8) is 0 Å². The summed E-state index contributed by atoms with van der Waals surface area (Å²) < 4.78 is 14.1. The standard InChI is InChI=1S/C6H12N3O5P/c1-2-3-9(4-5(10)11)6(7)8-14-15(12)13/h2-4H2,1H3,(H3-,7,8,10,11,12,13)/p+1. The van der Waals surface area contributed by atoms with E-state index >= 15 is 0 Å². The third-order valence-electron chi connectivity index (χ3n) is 1.35. The highest BCUT2D eigenvalue weighted by Gasteiger charge is 2.16. The highest BCUT2D eigenvalue weighted by atomic mass is 31.1. The molecule has 0 aromatic heterocycles. The molecule has 9 heteroatoms. The van der Waals surface area contributed by atoms with Crippen molar-refractivity contribution in [2.75, 3.05) is 13.1 Å². The second-order valence-electron chi connectivity index (χ2n) is 2.58. The molecule has 0 aliphatic rings. The van der Waals surface area contributed by atoms with Gasteiger partial charge in [0, 0.05) is 16.3 Å². The summed E-state index contributed by atoms with van der Waals surface area (Å²) in [6.07, 6.45) is 0.661. The first-order valence-electron chi connectivity index (χ1n) is 4.10. The Morgan fingerprint density at radius 2 is 2.27 bits per heavy atom. The molecule has 0 fully saturated rings. The normalized spacial score (nSPS) is 12.1. The number of hydrogen-bond acceptors (Lipinski definition) is 4. The van der Waals surface area contributed by atoms with Crippen molar-refractivity contribution >= 4 is 20.2 Å². The molecule has 0 aromatic rings. The first kappa shape index (κ1) is 13.6. The summed E-state index contributed by atoms with van der Waals surface area (Å²) in [5.41, 5.74) is 5.35. The minimum Gasteiger partial charge on any atom is -0.480 e. The van der Waals surface area contributed by atoms with Gasteiger partial charge < -0.3 is 15.7 Å². The molecule has 1 atom stereocenters. The Balaban J connectivity index is 4.38. The fourth-order valence-corrected chi connectivity index (χ4v) is 0.996. The van der Waals surface area contributed by atoms with Crippen molar-refractivity contribution in [3.05, 3.63) is 0 Å². The summed E-state index contributed by atoms with van der Waals surface area (Å²) in [6, 6.07) is 0. The SMILES string of the molecule is CCCN(CC(=O)O)C(N)=NO[P+](=O)O. The Morgan fingerprint density at radius 1 is 1.67 bits per heavy atom. The molecule has 0 rings (SSSR count). The van der Waals surface area contributed by atoms with Crippen molar-refractivity contribution in [2.24, 2.45) is 10.9 Å². The van der Waals surface area contributed by atoms with E-state index in [4.69, 9.17) is 15.7 Å². The van der Waals surface area contributed by atoms with Crippen LogP contribution < -0.4 is 5.73 Å². The lowest BCUT2D eigenvalue weighted by Gasteiger charge is -2.18. The predicted octanol–water partition coefficient (Wildman–Crippen LogP) is -0.321. The Labute approximate surface area is 87.3 Å². The number of rotatable bonds is 6. The van der Waals surface area contributed by atoms with Crippen LogP contribution in [0.2, 0.25) is 0 Å². The summed E-state index contributed by atoms with van der Waals surface area (Å²) in [5.74, 6) is -1.31. The molecular weight excluding hydrogens is 225 g/mol. The van der Waals surface area contributed by atoms with Gasteiger partial charge in [-0.05, 0) is 6.42 Å². The molecule has 0 aliphatic heterocycles. The van der Waals surface area contributed by atoms with Crippen molar-refractivity contribution in [1.29, 1.82) is 0 Å². The van der Waals surface area contributed by atoms with E-state index in [0.717, 1.165) is 0 Å². The van der Waals surface area contributed by atoms with Crippen molar-refractivity contribution in [1.82, 2.24) is 4.90 Å². The molecule has 0 bridgehead atoms. The number of nitrogens with two attached hydrogens (primary N) is 1. The highest BCUT2D eigenvalue weighted by Crippen LogP contribution is 2.14. The van der Waals surface area contributed by atoms with E-state index in [1.165, 1.54) is 4.90 Å². The maximum atomic E-state index is 10.4. The van der Waals surface area contributed by atoms with Crippen LogP contribution in [0.1, 0.15) is 13.3 Å². The van der Waals surface area contributed by atoms with Gasteiger partial charge in [0.1, 0.15) is 6.54 Å². The second kappa shape index (κ2) is 6.97. The van der Waals surface area contributed by atoms with Gasteiger partial charge in [0.15, 0.2) is 0 Å². The van der Waals surface area contributed by atoms with Gasteiger partial charge in [-0.15, -0.1) is 9.52 Å². The molecule has 0 spiro atoms. The third kappa shape index (κ3) is 6.64. The van der Waals surface area contributed by atoms with Gasteiger partial charge in [-0.3, -0.25) is 4.79 Å². The van der Waals surface area contributed by atoms with Crippen LogP contribution in [-0.4, -0.2) is 39.9 Å². The van der Waals surface area contributed by atoms with E-state index in [9.17, 15) is 9.36 Å². The number of oxime groups is 1. The lowest BCUT2D eigenvalue weighted by molar-refractivity contribution is -0.137. The maximum Gasteiger partial charge on any atom is 0.770 e. The average Bonchev–Trinajstić information content (AvgIpc) is 2.12. The van der Waals surface area contributed by atoms with E-state index in [1.807, 2.05) is 6.92 Å². The Kier molecular flexibility index (Phi) is 6.32. The van der Waals surface area contributed by atoms with Crippen LogP contribution in [0.3, 0.4) is 0 Å². The van der Waals surface area contributed by atoms with E-state index in [-0.39, 0.29) is 12.5 Å². The van der Waals surface area contributed by atoms with Crippen molar-refractivity contribution in [2.45, 2.75) is 13.3 Å². The molecule has 4 N–H and O–H groups in total. The van der Waals surface area contributed by atoms with Crippen LogP contribution in [0, 0.1) is 0 Å². The van der Waals surface area contributed by atoms with E-state index < -0.39 is 14.2 Å². The minimum atomic E-state index is -2.88. The first-order valence-corrected chi connectivity index (χ1v) is 5.23. The summed E-state index contributed by atoms with van der Waals surface area (Å²) in [5, 5.41) is 11.7. The van der Waals surface area contributed by atoms with Gasteiger partial charge in [0.05, 0.1) is 0 Å². The molecule has 0 radical (unpaired) electrons. The maximum absolute atomic E-state index is 10.4. The molecule has 15 heavy (non-hydrogen) atoms. The van der Waals surface area contributed by atoms with Gasteiger partial charge in [-0.1, -0.05) is 6.92 Å². The monoisotopic (exact) mass is 238 g/mol. The Morgan fingerprint density at radius 3 is 2.67 bits per heavy atom. The van der Waals surface area contributed by atoms with Crippen LogP contribution in [0.4, 0.5) is 0 Å². The molecule has 86 valence electrons. The lowest BCUT2D eigenvalue weighted by Crippen LogP contribution is -2.41. The van der Waals surface area contributed by atoms with Crippen LogP contribution in [-0.2, 0) is 14.0 Å². The van der Waals surface area contributed by atoms with Crippen molar-refractivity contribution < 1.29 is 24.0 Å². The molecule has 0 heterocycles. The van der Waals surface area contributed by atoms with E-state index in [0.29, 0.717) is 13.0 Å². The largest absolute Gasteiger partial charge is 0.770 e. The lowest BCUT2D eigenvalue weighted by atomic mass is 10.4. The quantitative estimate of drug-likeness (QED) is 0.250. The molecule has 0 aromatic carbocycles. The number of carboxylic acid groups (broad SMARTS) is 1. The number of guanidine groups is 1. The summed E-state index contributed by atoms with van der Waals surface area (Å²) in [6.45, 7) is 1.86. The number of hydrogen-bond donors (Lipinski definition) is 3. The van der Waals surface area contributed by atoms with Gasteiger partial charge in [-0.2, -0.15) is 0 Å². The summed E-state index contributed by atoms with van der Waals surface area (Å²) in [7, 11) is -2.88. The topological polar surface area (TPSA) is 125 Å². The van der Waals surface area contributed by atoms with Gasteiger partial charge >= 0.3 is 14.2 Å². The zero-order valence-electron chi connectivity index (χ0n) is 8.16. The number of carbonyl (C=O) groups is 1. The minimum absolute atomic E-state index is 0.239. The fourth-order valence-electron chi connectivity index (χ4n) is 0.842. The van der Waals surface area contributed by atoms with Gasteiger partial charge in [0.2, 0.25) is 5.96 Å². The average molecular weight is 238 g/mol. The third-order valence-corrected chi connectivity index (χ3v) is 1.57. The van der Waals surface area contributed by atoms with Gasteiger partial charge in [0.25, 0.3) is 0 Å². The van der Waals surface area contributed by atoms with Gasteiger partial charge in [-0.25, -0.2) is 0 Å². The highest BCUT2D eigenvalue weighted by molar-refractivity contribution is 7.32. The van der Waals surface area contributed by atoms with Crippen LogP contribution in [0.25, 0.3) is 0 Å². The zero-order chi connectivity index (χ0) is 11.8. The molecule has 1 unspecified atom stereocenters. The molecule has 0 saturated carbocycles. The number of aliphatic carboxylic acids is 1. The Bertz CT molecular complexity index is 269. The molecular formula is C6H13N3O5P+. The van der Waals surface area contributed by atoms with Crippen LogP contribution in [0.5, 0.6) is 0 Å². The molecule has 0 saturated heterocycles. The van der Waals surface area contributed by atoms with E-state index in [2.05, 4.69) is 9.78 Å². The number of carboxylic acids is 1. The molecule has 0 amide bonds. The van der Waals surface area contributed by atoms with Crippen LogP contribution in [0.15, 0.2) is 5.16 Å². The smallest absolute Gasteiger partial charge is 0.480 e. The second-order valence-corrected chi connectivity index (χ2v) is 3.22. The van der Waals surface area contributed by atoms with E-state index in [1.54, 1.807) is 0 Å². The molecule has 0 aliphatic carbocycles. The van der Waals surface area contributed by atoms with Crippen LogP contribution >= 0.6 is 8.25 Å². The molecule has 8 nitrogen and oxygen atoms in total. The predicted molar refractivity (Wildman–Crippen MR) is 52.0 cm³/mol. The summed E-state index contributed by atoms with van der Waals surface area (Å²) >= 11 is 0. The number of nitrogens with zero attached hydrogens (tertiary/aromatic N) is 2. The van der Waals surface area contributed by atoms with Crippen molar-refractivity contribution in [3.8, 4) is 0 Å². The fraction of sp³-hybridized carbons (Fsp3) is 0.667. The Hall–Kier alpha value is -1.40.